The number of amides is 1. The lowest BCUT2D eigenvalue weighted by atomic mass is 10.0. The first-order chi connectivity index (χ1) is 26.5. The quantitative estimate of drug-likeness (QED) is 0.0327. The van der Waals surface area contributed by atoms with Gasteiger partial charge >= 0.3 is 5.97 Å². The monoisotopic (exact) mass is 762 g/mol. The molecule has 6 nitrogen and oxygen atoms in total. The molecule has 0 aliphatic carbocycles. The van der Waals surface area contributed by atoms with Gasteiger partial charge in [-0.15, -0.1) is 0 Å². The molecule has 0 heterocycles. The third kappa shape index (κ3) is 40.0. The van der Waals surface area contributed by atoms with E-state index >= 15 is 0 Å². The average Bonchev–Trinajstić information content (AvgIpc) is 3.17. The molecule has 0 aromatic rings. The summed E-state index contributed by atoms with van der Waals surface area (Å²) in [6.45, 7) is 4.82. The van der Waals surface area contributed by atoms with Gasteiger partial charge in [0.1, 0.15) is 0 Å². The Morgan fingerprint density at radius 1 is 0.500 bits per heavy atom. The molecule has 2 unspecified atom stereocenters. The van der Waals surface area contributed by atoms with Crippen LogP contribution in [0.5, 0.6) is 0 Å². The number of hydrogen-bond acceptors (Lipinski definition) is 5. The molecule has 0 aliphatic heterocycles. The predicted octanol–water partition coefficient (Wildman–Crippen LogP) is 13.6. The number of hydrogen-bond donors (Lipinski definition) is 3. The van der Waals surface area contributed by atoms with Gasteiger partial charge in [0.2, 0.25) is 5.91 Å². The fourth-order valence-corrected chi connectivity index (χ4v) is 7.04. The van der Waals surface area contributed by atoms with Gasteiger partial charge in [0.15, 0.2) is 0 Å². The Balaban J connectivity index is 3.52. The summed E-state index contributed by atoms with van der Waals surface area (Å²) in [5, 5.41) is 22.9. The van der Waals surface area contributed by atoms with Gasteiger partial charge in [-0.1, -0.05) is 199 Å². The van der Waals surface area contributed by atoms with Crippen molar-refractivity contribution in [3.05, 3.63) is 24.3 Å². The van der Waals surface area contributed by atoms with E-state index in [-0.39, 0.29) is 18.5 Å². The summed E-state index contributed by atoms with van der Waals surface area (Å²) in [5.41, 5.74) is 0. The molecule has 0 saturated heterocycles. The molecule has 0 aromatic carbocycles. The SMILES string of the molecule is CCCCCCCC/C=C\CCCCCCCC(=O)OCCCCCCCCCCCCC(=O)NC(CO)C(O)/C=C/CCCCCCCCCCCC. The number of esters is 1. The van der Waals surface area contributed by atoms with Crippen LogP contribution in [0.25, 0.3) is 0 Å². The fraction of sp³-hybridized carbons (Fsp3) is 0.875. The van der Waals surface area contributed by atoms with Crippen molar-refractivity contribution in [2.45, 2.75) is 257 Å². The Morgan fingerprint density at radius 2 is 0.870 bits per heavy atom. The number of carbonyl (C=O) groups excluding carboxylic acids is 2. The van der Waals surface area contributed by atoms with Crippen LogP contribution in [-0.2, 0) is 14.3 Å². The van der Waals surface area contributed by atoms with Crippen LogP contribution in [0.2, 0.25) is 0 Å². The summed E-state index contributed by atoms with van der Waals surface area (Å²) in [7, 11) is 0. The highest BCUT2D eigenvalue weighted by Crippen LogP contribution is 2.14. The predicted molar refractivity (Wildman–Crippen MR) is 232 cm³/mol. The molecule has 0 spiro atoms. The van der Waals surface area contributed by atoms with Crippen LogP contribution in [0.4, 0.5) is 0 Å². The number of carbonyl (C=O) groups is 2. The Hall–Kier alpha value is -1.66. The van der Waals surface area contributed by atoms with E-state index in [0.717, 1.165) is 57.8 Å². The lowest BCUT2D eigenvalue weighted by molar-refractivity contribution is -0.143. The minimum Gasteiger partial charge on any atom is -0.466 e. The number of ether oxygens (including phenoxy) is 1. The Morgan fingerprint density at radius 3 is 1.31 bits per heavy atom. The van der Waals surface area contributed by atoms with Crippen LogP contribution < -0.4 is 5.32 Å². The van der Waals surface area contributed by atoms with Crippen molar-refractivity contribution >= 4 is 11.9 Å². The highest BCUT2D eigenvalue weighted by Gasteiger charge is 2.18. The Kier molecular flexibility index (Phi) is 42.7. The first-order valence-corrected chi connectivity index (χ1v) is 23.6. The summed E-state index contributed by atoms with van der Waals surface area (Å²) in [6, 6.07) is -0.643. The van der Waals surface area contributed by atoms with Gasteiger partial charge in [0, 0.05) is 12.8 Å². The number of rotatable bonds is 43. The zero-order valence-corrected chi connectivity index (χ0v) is 36.0. The summed E-state index contributed by atoms with van der Waals surface area (Å²) in [5.74, 6) is -0.122. The van der Waals surface area contributed by atoms with Crippen LogP contribution in [0.1, 0.15) is 245 Å². The van der Waals surface area contributed by atoms with E-state index in [9.17, 15) is 19.8 Å². The van der Waals surface area contributed by atoms with Crippen molar-refractivity contribution in [1.29, 1.82) is 0 Å². The lowest BCUT2D eigenvalue weighted by Crippen LogP contribution is -2.45. The number of aliphatic hydroxyl groups excluding tert-OH is 2. The Labute approximate surface area is 335 Å². The second kappa shape index (κ2) is 44.1. The molecule has 2 atom stereocenters. The summed E-state index contributed by atoms with van der Waals surface area (Å²) >= 11 is 0. The molecule has 0 bridgehead atoms. The van der Waals surface area contributed by atoms with Gasteiger partial charge in [-0.2, -0.15) is 0 Å². The molecule has 0 aliphatic rings. The molecule has 6 heteroatoms. The molecule has 3 N–H and O–H groups in total. The molecule has 1 amide bonds. The van der Waals surface area contributed by atoms with Gasteiger partial charge in [-0.05, 0) is 57.8 Å². The summed E-state index contributed by atoms with van der Waals surface area (Å²) < 4.78 is 5.44. The van der Waals surface area contributed by atoms with Crippen molar-refractivity contribution in [1.82, 2.24) is 5.32 Å². The fourth-order valence-electron chi connectivity index (χ4n) is 7.04. The van der Waals surface area contributed by atoms with Crippen molar-refractivity contribution in [3.63, 3.8) is 0 Å². The summed E-state index contributed by atoms with van der Waals surface area (Å²) in [6.07, 6.45) is 50.2. The average molecular weight is 762 g/mol. The maximum absolute atomic E-state index is 12.4. The first-order valence-electron chi connectivity index (χ1n) is 23.6. The van der Waals surface area contributed by atoms with Gasteiger partial charge in [0.05, 0.1) is 25.4 Å². The van der Waals surface area contributed by atoms with Gasteiger partial charge < -0.3 is 20.3 Å². The highest BCUT2D eigenvalue weighted by atomic mass is 16.5. The molecule has 54 heavy (non-hydrogen) atoms. The van der Waals surface area contributed by atoms with Crippen LogP contribution in [-0.4, -0.2) is 47.4 Å². The molecule has 0 radical (unpaired) electrons. The molecular weight excluding hydrogens is 671 g/mol. The molecular formula is C48H91NO5. The normalized spacial score (nSPS) is 12.9. The zero-order valence-electron chi connectivity index (χ0n) is 36.0. The number of allylic oxidation sites excluding steroid dienone is 3. The molecule has 318 valence electrons. The van der Waals surface area contributed by atoms with Crippen molar-refractivity contribution in [3.8, 4) is 0 Å². The smallest absolute Gasteiger partial charge is 0.305 e. The van der Waals surface area contributed by atoms with Crippen molar-refractivity contribution < 1.29 is 24.5 Å². The first kappa shape index (κ1) is 52.3. The van der Waals surface area contributed by atoms with E-state index in [0.29, 0.717) is 19.4 Å². The standard InChI is InChI=1S/C48H91NO5/c1-3-5-7-9-11-13-15-17-18-19-21-26-30-34-38-42-48(53)54-43-39-35-31-27-23-22-25-29-33-37-41-47(52)49-45(44-50)46(51)40-36-32-28-24-20-16-14-12-10-8-6-4-2/h17-18,36,40,45-46,50-51H,3-16,19-35,37-39,41-44H2,1-2H3,(H,49,52)/b18-17-,40-36+. The number of unbranched alkanes of at least 4 members (excludes halogenated alkanes) is 30. The van der Waals surface area contributed by atoms with Gasteiger partial charge in [0.25, 0.3) is 0 Å². The number of aliphatic hydroxyl groups is 2. The minimum absolute atomic E-state index is 0.0295. The van der Waals surface area contributed by atoms with Crippen LogP contribution in [0.15, 0.2) is 24.3 Å². The second-order valence-corrected chi connectivity index (χ2v) is 16.1. The molecule has 0 fully saturated rings. The van der Waals surface area contributed by atoms with Crippen molar-refractivity contribution in [2.24, 2.45) is 0 Å². The van der Waals surface area contributed by atoms with Crippen LogP contribution in [0, 0.1) is 0 Å². The van der Waals surface area contributed by atoms with E-state index < -0.39 is 12.1 Å². The molecule has 0 rings (SSSR count). The van der Waals surface area contributed by atoms with E-state index in [4.69, 9.17) is 4.74 Å². The Bertz CT molecular complexity index is 843. The molecule has 0 saturated carbocycles. The van der Waals surface area contributed by atoms with Crippen LogP contribution in [0.3, 0.4) is 0 Å². The lowest BCUT2D eigenvalue weighted by Gasteiger charge is -2.20. The highest BCUT2D eigenvalue weighted by molar-refractivity contribution is 5.76. The molecule has 0 aromatic heterocycles. The second-order valence-electron chi connectivity index (χ2n) is 16.1. The van der Waals surface area contributed by atoms with Gasteiger partial charge in [-0.3, -0.25) is 9.59 Å². The van der Waals surface area contributed by atoms with Crippen LogP contribution >= 0.6 is 0 Å². The van der Waals surface area contributed by atoms with Gasteiger partial charge in [-0.25, -0.2) is 0 Å². The van der Waals surface area contributed by atoms with Crippen molar-refractivity contribution in [2.75, 3.05) is 13.2 Å². The number of nitrogens with one attached hydrogen (secondary N) is 1. The summed E-state index contributed by atoms with van der Waals surface area (Å²) in [4.78, 5) is 24.4. The van der Waals surface area contributed by atoms with E-state index in [1.807, 2.05) is 6.08 Å². The minimum atomic E-state index is -0.857. The largest absolute Gasteiger partial charge is 0.466 e. The third-order valence-corrected chi connectivity index (χ3v) is 10.7. The van der Waals surface area contributed by atoms with E-state index in [1.54, 1.807) is 6.08 Å². The maximum Gasteiger partial charge on any atom is 0.305 e. The van der Waals surface area contributed by atoms with E-state index in [1.165, 1.54) is 161 Å². The maximum atomic E-state index is 12.4. The van der Waals surface area contributed by atoms with E-state index in [2.05, 4.69) is 31.3 Å². The zero-order chi connectivity index (χ0) is 39.4. The third-order valence-electron chi connectivity index (χ3n) is 10.7. The topological polar surface area (TPSA) is 95.9 Å².